The van der Waals surface area contributed by atoms with Gasteiger partial charge in [0.25, 0.3) is 5.91 Å². The Morgan fingerprint density at radius 1 is 1.12 bits per heavy atom. The van der Waals surface area contributed by atoms with Gasteiger partial charge in [0.1, 0.15) is 11.5 Å². The van der Waals surface area contributed by atoms with Crippen LogP contribution in [0.2, 0.25) is 5.02 Å². The van der Waals surface area contributed by atoms with Gasteiger partial charge >= 0.3 is 0 Å². The largest absolute Gasteiger partial charge is 0.329 e. The lowest BCUT2D eigenvalue weighted by Crippen LogP contribution is -2.44. The van der Waals surface area contributed by atoms with Crippen molar-refractivity contribution in [2.45, 2.75) is 39.2 Å². The molecule has 0 spiro atoms. The van der Waals surface area contributed by atoms with E-state index in [1.165, 1.54) is 0 Å². The SMILES string of the molecule is Cc1nc(C(=O)N2CCC[C@@]2(C)c2nc3ccc(Cl)c(C)c3n2C)c(-c2ccccc2)s1. The molecule has 1 amide bonds. The molecular formula is C25H25ClN4OS. The number of carbonyl (C=O) groups is 1. The summed E-state index contributed by atoms with van der Waals surface area (Å²) in [5.74, 6) is 0.854. The fraction of sp³-hybridized carbons (Fsp3) is 0.320. The number of hydrogen-bond donors (Lipinski definition) is 0. The first-order valence-electron chi connectivity index (χ1n) is 10.8. The highest BCUT2D eigenvalue weighted by atomic mass is 35.5. The molecule has 1 saturated heterocycles. The first-order chi connectivity index (χ1) is 15.3. The summed E-state index contributed by atoms with van der Waals surface area (Å²) in [6.45, 7) is 6.77. The van der Waals surface area contributed by atoms with E-state index in [0.717, 1.165) is 55.7 Å². The van der Waals surface area contributed by atoms with Crippen LogP contribution < -0.4 is 0 Å². The normalized spacial score (nSPS) is 18.6. The number of thiazole rings is 1. The van der Waals surface area contributed by atoms with Crippen LogP contribution in [0.25, 0.3) is 21.5 Å². The van der Waals surface area contributed by atoms with Gasteiger partial charge in [-0.05, 0) is 56.9 Å². The number of imidazole rings is 1. The molecular weight excluding hydrogens is 440 g/mol. The second kappa shape index (κ2) is 7.71. The zero-order valence-electron chi connectivity index (χ0n) is 18.6. The van der Waals surface area contributed by atoms with E-state index in [1.54, 1.807) is 11.3 Å². The Balaban J connectivity index is 1.61. The quantitative estimate of drug-likeness (QED) is 0.367. The number of aromatic nitrogens is 3. The molecule has 0 saturated carbocycles. The summed E-state index contributed by atoms with van der Waals surface area (Å²) in [4.78, 5) is 26.4. The van der Waals surface area contributed by atoms with E-state index in [2.05, 4.69) is 16.5 Å². The Morgan fingerprint density at radius 3 is 2.62 bits per heavy atom. The maximum Gasteiger partial charge on any atom is 0.274 e. The second-order valence-corrected chi connectivity index (χ2v) is 10.3. The second-order valence-electron chi connectivity index (χ2n) is 8.65. The molecule has 3 heterocycles. The lowest BCUT2D eigenvalue weighted by molar-refractivity contribution is 0.0595. The topological polar surface area (TPSA) is 51.0 Å². The standard InChI is InChI=1S/C25H25ClN4OS/c1-15-18(26)11-12-19-21(15)29(4)24(28-19)25(3)13-8-14-30(25)23(31)20-22(32-16(2)27-20)17-9-6-5-7-10-17/h5-7,9-12H,8,13-14H2,1-4H3/t25-/m0/s1. The molecule has 0 N–H and O–H groups in total. The molecule has 1 aliphatic rings. The molecule has 4 aromatic rings. The minimum atomic E-state index is -0.519. The van der Waals surface area contributed by atoms with Crippen molar-refractivity contribution in [3.05, 3.63) is 69.6 Å². The summed E-state index contributed by atoms with van der Waals surface area (Å²) in [5.41, 5.74) is 3.96. The fourth-order valence-corrected chi connectivity index (χ4v) is 6.03. The van der Waals surface area contributed by atoms with Gasteiger partial charge in [-0.25, -0.2) is 9.97 Å². The van der Waals surface area contributed by atoms with Crippen LogP contribution in [0, 0.1) is 13.8 Å². The van der Waals surface area contributed by atoms with Gasteiger partial charge in [-0.3, -0.25) is 4.79 Å². The highest BCUT2D eigenvalue weighted by Crippen LogP contribution is 2.42. The number of hydrogen-bond acceptors (Lipinski definition) is 4. The van der Waals surface area contributed by atoms with E-state index in [4.69, 9.17) is 16.6 Å². The van der Waals surface area contributed by atoms with Crippen LogP contribution in [0.5, 0.6) is 0 Å². The molecule has 7 heteroatoms. The van der Waals surface area contributed by atoms with Crippen molar-refractivity contribution >= 4 is 39.9 Å². The molecule has 0 bridgehead atoms. The van der Waals surface area contributed by atoms with E-state index in [-0.39, 0.29) is 5.91 Å². The number of halogens is 1. The van der Waals surface area contributed by atoms with Crippen LogP contribution >= 0.6 is 22.9 Å². The van der Waals surface area contributed by atoms with Gasteiger partial charge < -0.3 is 9.47 Å². The maximum absolute atomic E-state index is 13.9. The van der Waals surface area contributed by atoms with Crippen LogP contribution in [0.4, 0.5) is 0 Å². The van der Waals surface area contributed by atoms with Gasteiger partial charge in [0.15, 0.2) is 0 Å². The Kier molecular flexibility index (Phi) is 5.10. The highest BCUT2D eigenvalue weighted by Gasteiger charge is 2.45. The molecule has 2 aromatic carbocycles. The van der Waals surface area contributed by atoms with Crippen molar-refractivity contribution in [1.82, 2.24) is 19.4 Å². The van der Waals surface area contributed by atoms with Gasteiger partial charge in [-0.2, -0.15) is 0 Å². The minimum absolute atomic E-state index is 0.0324. The highest BCUT2D eigenvalue weighted by molar-refractivity contribution is 7.15. The number of likely N-dealkylation sites (tertiary alicyclic amines) is 1. The number of fused-ring (bicyclic) bond motifs is 1. The van der Waals surface area contributed by atoms with Gasteiger partial charge in [0.2, 0.25) is 0 Å². The molecule has 164 valence electrons. The Hall–Kier alpha value is -2.70. The first-order valence-corrected chi connectivity index (χ1v) is 12.0. The van der Waals surface area contributed by atoms with Crippen molar-refractivity contribution in [1.29, 1.82) is 0 Å². The van der Waals surface area contributed by atoms with E-state index in [0.29, 0.717) is 12.2 Å². The number of amides is 1. The number of nitrogens with zero attached hydrogens (tertiary/aromatic N) is 4. The van der Waals surface area contributed by atoms with Gasteiger partial charge in [-0.15, -0.1) is 11.3 Å². The van der Waals surface area contributed by atoms with Crippen LogP contribution in [-0.2, 0) is 12.6 Å². The Labute approximate surface area is 196 Å². The minimum Gasteiger partial charge on any atom is -0.329 e. The van der Waals surface area contributed by atoms with Gasteiger partial charge in [0, 0.05) is 18.6 Å². The van der Waals surface area contributed by atoms with Crippen molar-refractivity contribution in [2.24, 2.45) is 7.05 Å². The lowest BCUT2D eigenvalue weighted by atomic mass is 9.97. The summed E-state index contributed by atoms with van der Waals surface area (Å²) < 4.78 is 2.10. The zero-order valence-corrected chi connectivity index (χ0v) is 20.2. The number of carbonyl (C=O) groups excluding carboxylic acids is 1. The molecule has 1 atom stereocenters. The monoisotopic (exact) mass is 464 g/mol. The van der Waals surface area contributed by atoms with Crippen molar-refractivity contribution in [2.75, 3.05) is 6.54 Å². The molecule has 1 aliphatic heterocycles. The summed E-state index contributed by atoms with van der Waals surface area (Å²) in [6, 6.07) is 13.9. The Bertz CT molecular complexity index is 1340. The third-order valence-corrected chi connectivity index (χ3v) is 7.99. The van der Waals surface area contributed by atoms with Crippen LogP contribution in [0.3, 0.4) is 0 Å². The molecule has 0 unspecified atom stereocenters. The molecule has 5 nitrogen and oxygen atoms in total. The van der Waals surface area contributed by atoms with Crippen LogP contribution in [0.15, 0.2) is 42.5 Å². The zero-order chi connectivity index (χ0) is 22.6. The smallest absolute Gasteiger partial charge is 0.274 e. The third-order valence-electron chi connectivity index (χ3n) is 6.56. The number of aryl methyl sites for hydroxylation is 3. The maximum atomic E-state index is 13.9. The average molecular weight is 465 g/mol. The third kappa shape index (κ3) is 3.16. The molecule has 2 aromatic heterocycles. The van der Waals surface area contributed by atoms with E-state index in [9.17, 15) is 4.79 Å². The average Bonchev–Trinajstić information content (AvgIpc) is 3.47. The molecule has 0 aliphatic carbocycles. The summed E-state index contributed by atoms with van der Waals surface area (Å²) in [6.07, 6.45) is 1.78. The van der Waals surface area contributed by atoms with Crippen molar-refractivity contribution in [3.63, 3.8) is 0 Å². The molecule has 0 radical (unpaired) electrons. The van der Waals surface area contributed by atoms with E-state index < -0.39 is 5.54 Å². The van der Waals surface area contributed by atoms with E-state index >= 15 is 0 Å². The lowest BCUT2D eigenvalue weighted by Gasteiger charge is -2.34. The molecule has 32 heavy (non-hydrogen) atoms. The first kappa shape index (κ1) is 21.2. The van der Waals surface area contributed by atoms with Crippen LogP contribution in [-0.4, -0.2) is 31.9 Å². The van der Waals surface area contributed by atoms with Crippen molar-refractivity contribution < 1.29 is 4.79 Å². The van der Waals surface area contributed by atoms with Crippen molar-refractivity contribution in [3.8, 4) is 10.4 Å². The summed E-state index contributed by atoms with van der Waals surface area (Å²) in [7, 11) is 2.02. The number of benzene rings is 2. The number of rotatable bonds is 3. The molecule has 1 fully saturated rings. The van der Waals surface area contributed by atoms with E-state index in [1.807, 2.05) is 68.3 Å². The van der Waals surface area contributed by atoms with Gasteiger partial charge in [-0.1, -0.05) is 41.9 Å². The van der Waals surface area contributed by atoms with Crippen LogP contribution in [0.1, 0.15) is 46.6 Å². The summed E-state index contributed by atoms with van der Waals surface area (Å²) in [5, 5.41) is 1.61. The molecule has 5 rings (SSSR count). The summed E-state index contributed by atoms with van der Waals surface area (Å²) >= 11 is 7.95. The Morgan fingerprint density at radius 2 is 1.88 bits per heavy atom. The van der Waals surface area contributed by atoms with Gasteiger partial charge in [0.05, 0.1) is 26.5 Å². The predicted octanol–water partition coefficient (Wildman–Crippen LogP) is 6.12. The fourth-order valence-electron chi connectivity index (χ4n) is 4.96. The predicted molar refractivity (Wildman–Crippen MR) is 130 cm³/mol.